The van der Waals surface area contributed by atoms with Gasteiger partial charge in [0.15, 0.2) is 0 Å². The van der Waals surface area contributed by atoms with Gasteiger partial charge in [-0.2, -0.15) is 17.5 Å². The largest absolute Gasteiger partial charge is 0.417 e. The zero-order chi connectivity index (χ0) is 23.4. The van der Waals surface area contributed by atoms with E-state index in [1.807, 2.05) is 13.0 Å². The van der Waals surface area contributed by atoms with Gasteiger partial charge in [0.25, 0.3) is 0 Å². The van der Waals surface area contributed by atoms with Crippen LogP contribution in [0.25, 0.3) is 0 Å². The van der Waals surface area contributed by atoms with Crippen molar-refractivity contribution >= 4 is 33.2 Å². The number of hydrogen-bond donors (Lipinski definition) is 1. The number of benzene rings is 2. The fourth-order valence-corrected chi connectivity index (χ4v) is 4.55. The van der Waals surface area contributed by atoms with E-state index in [0.29, 0.717) is 16.1 Å². The number of carbonyl (C=O) groups excluding carboxylic acids is 1. The number of amides is 1. The van der Waals surface area contributed by atoms with Gasteiger partial charge in [0, 0.05) is 24.4 Å². The third-order valence-corrected chi connectivity index (χ3v) is 6.75. The van der Waals surface area contributed by atoms with E-state index in [0.717, 1.165) is 23.3 Å². The molecule has 0 aliphatic rings. The summed E-state index contributed by atoms with van der Waals surface area (Å²) in [6.45, 7) is 2.50. The highest BCUT2D eigenvalue weighted by molar-refractivity contribution is 7.89. The van der Waals surface area contributed by atoms with Crippen LogP contribution >= 0.6 is 11.6 Å². The van der Waals surface area contributed by atoms with Gasteiger partial charge in [0.1, 0.15) is 0 Å². The highest BCUT2D eigenvalue weighted by Gasteiger charge is 2.39. The first-order valence-electron chi connectivity index (χ1n) is 9.10. The van der Waals surface area contributed by atoms with Gasteiger partial charge in [-0.1, -0.05) is 23.7 Å². The second-order valence-electron chi connectivity index (χ2n) is 6.77. The molecule has 2 aromatic carbocycles. The molecule has 0 saturated carbocycles. The lowest BCUT2D eigenvalue weighted by molar-refractivity contribution is -0.139. The quantitative estimate of drug-likeness (QED) is 0.615. The van der Waals surface area contributed by atoms with Crippen molar-refractivity contribution in [1.82, 2.24) is 4.31 Å². The number of nitrogens with one attached hydrogen (secondary N) is 1. The number of carbonyl (C=O) groups is 1. The zero-order valence-corrected chi connectivity index (χ0v) is 18.7. The van der Waals surface area contributed by atoms with Gasteiger partial charge in [0.05, 0.1) is 23.6 Å². The molecule has 0 heterocycles. The van der Waals surface area contributed by atoms with Crippen LogP contribution in [0.5, 0.6) is 0 Å². The molecule has 0 fully saturated rings. The summed E-state index contributed by atoms with van der Waals surface area (Å²) in [5.41, 5.74) is 0.783. The number of ether oxygens (including phenoxy) is 1. The van der Waals surface area contributed by atoms with Crippen LogP contribution in [0.3, 0.4) is 0 Å². The van der Waals surface area contributed by atoms with Crippen molar-refractivity contribution in [2.45, 2.75) is 24.9 Å². The second-order valence-corrected chi connectivity index (χ2v) is 9.11. The van der Waals surface area contributed by atoms with Crippen LogP contribution in [0.15, 0.2) is 41.3 Å². The molecule has 1 amide bonds. The number of anilines is 1. The number of aryl methyl sites for hydroxylation is 1. The van der Waals surface area contributed by atoms with Crippen LogP contribution in [-0.4, -0.2) is 45.4 Å². The topological polar surface area (TPSA) is 75.7 Å². The van der Waals surface area contributed by atoms with Crippen molar-refractivity contribution in [3.05, 3.63) is 58.1 Å². The Labute approximate surface area is 184 Å². The Morgan fingerprint density at radius 1 is 1.19 bits per heavy atom. The van der Waals surface area contributed by atoms with E-state index in [4.69, 9.17) is 16.3 Å². The summed E-state index contributed by atoms with van der Waals surface area (Å²) in [4.78, 5) is 11.6. The lowest BCUT2D eigenvalue weighted by Crippen LogP contribution is -2.40. The van der Waals surface area contributed by atoms with E-state index in [2.05, 4.69) is 5.32 Å². The Morgan fingerprint density at radius 3 is 2.48 bits per heavy atom. The molecule has 0 atom stereocenters. The molecule has 2 aromatic rings. The Balaban J connectivity index is 2.39. The third-order valence-electron chi connectivity index (χ3n) is 4.61. The van der Waals surface area contributed by atoms with Crippen LogP contribution in [0.2, 0.25) is 5.02 Å². The van der Waals surface area contributed by atoms with Crippen molar-refractivity contribution in [2.24, 2.45) is 0 Å². The molecule has 2 rings (SSSR count). The standard InChI is InChI=1S/C20H22ClF3N2O4S/c1-13-5-4-6-17(14(13)2)25-19(27)12-26(9-10-30-3)31(28,29)18-8-7-15(21)11-16(18)20(22,23)24/h4-8,11H,9-10,12H2,1-3H3,(H,25,27). The van der Waals surface area contributed by atoms with Gasteiger partial charge in [0.2, 0.25) is 15.9 Å². The third kappa shape index (κ3) is 6.19. The van der Waals surface area contributed by atoms with Gasteiger partial charge in [-0.15, -0.1) is 0 Å². The second kappa shape index (κ2) is 9.99. The first kappa shape index (κ1) is 25.1. The van der Waals surface area contributed by atoms with Gasteiger partial charge in [-0.05, 0) is 49.2 Å². The molecule has 0 spiro atoms. The van der Waals surface area contributed by atoms with Crippen LogP contribution < -0.4 is 5.32 Å². The van der Waals surface area contributed by atoms with Crippen LogP contribution in [0.4, 0.5) is 18.9 Å². The van der Waals surface area contributed by atoms with E-state index in [1.54, 1.807) is 19.1 Å². The van der Waals surface area contributed by atoms with E-state index in [-0.39, 0.29) is 18.2 Å². The Kier molecular flexibility index (Phi) is 8.09. The molecule has 0 unspecified atom stereocenters. The maximum atomic E-state index is 13.5. The van der Waals surface area contributed by atoms with E-state index >= 15 is 0 Å². The highest BCUT2D eigenvalue weighted by Crippen LogP contribution is 2.37. The smallest absolute Gasteiger partial charge is 0.383 e. The molecular formula is C20H22ClF3N2O4S. The molecule has 0 bridgehead atoms. The molecular weight excluding hydrogens is 457 g/mol. The molecule has 6 nitrogen and oxygen atoms in total. The Morgan fingerprint density at radius 2 is 1.87 bits per heavy atom. The molecule has 170 valence electrons. The number of halogens is 4. The number of methoxy groups -OCH3 is 1. The SMILES string of the molecule is COCCN(CC(=O)Nc1cccc(C)c1C)S(=O)(=O)c1ccc(Cl)cc1C(F)(F)F. The van der Waals surface area contributed by atoms with Gasteiger partial charge in [-0.25, -0.2) is 8.42 Å². The van der Waals surface area contributed by atoms with E-state index in [1.165, 1.54) is 7.11 Å². The Hall–Kier alpha value is -2.14. The average Bonchev–Trinajstić information content (AvgIpc) is 2.67. The maximum Gasteiger partial charge on any atom is 0.417 e. The van der Waals surface area contributed by atoms with Crippen molar-refractivity contribution in [1.29, 1.82) is 0 Å². The number of nitrogens with zero attached hydrogens (tertiary/aromatic N) is 1. The van der Waals surface area contributed by atoms with Crippen LogP contribution in [-0.2, 0) is 25.7 Å². The molecule has 0 aliphatic heterocycles. The van der Waals surface area contributed by atoms with Gasteiger partial charge >= 0.3 is 6.18 Å². The van der Waals surface area contributed by atoms with Gasteiger partial charge < -0.3 is 10.1 Å². The Bertz CT molecular complexity index is 1060. The zero-order valence-electron chi connectivity index (χ0n) is 17.1. The summed E-state index contributed by atoms with van der Waals surface area (Å²) < 4.78 is 72.1. The predicted octanol–water partition coefficient (Wildman–Crippen LogP) is 4.25. The highest BCUT2D eigenvalue weighted by atomic mass is 35.5. The summed E-state index contributed by atoms with van der Waals surface area (Å²) in [6.07, 6.45) is -4.96. The van der Waals surface area contributed by atoms with Gasteiger partial charge in [-0.3, -0.25) is 4.79 Å². The minimum absolute atomic E-state index is 0.120. The molecule has 0 aromatic heterocycles. The first-order chi connectivity index (χ1) is 14.4. The lowest BCUT2D eigenvalue weighted by Gasteiger charge is -2.24. The molecule has 1 N–H and O–H groups in total. The molecule has 11 heteroatoms. The summed E-state index contributed by atoms with van der Waals surface area (Å²) in [5.74, 6) is -0.698. The van der Waals surface area contributed by atoms with E-state index in [9.17, 15) is 26.4 Å². The maximum absolute atomic E-state index is 13.5. The predicted molar refractivity (Wildman–Crippen MR) is 112 cm³/mol. The average molecular weight is 479 g/mol. The number of alkyl halides is 3. The molecule has 31 heavy (non-hydrogen) atoms. The fourth-order valence-electron chi connectivity index (χ4n) is 2.80. The summed E-state index contributed by atoms with van der Waals surface area (Å²) in [7, 11) is -3.39. The fraction of sp³-hybridized carbons (Fsp3) is 0.350. The minimum atomic E-state index is -4.96. The van der Waals surface area contributed by atoms with Crippen molar-refractivity contribution in [2.75, 3.05) is 32.1 Å². The lowest BCUT2D eigenvalue weighted by atomic mass is 10.1. The number of hydrogen-bond acceptors (Lipinski definition) is 4. The monoisotopic (exact) mass is 478 g/mol. The molecule has 0 radical (unpaired) electrons. The summed E-state index contributed by atoms with van der Waals surface area (Å²) in [6, 6.07) is 7.59. The van der Waals surface area contributed by atoms with Crippen molar-refractivity contribution in [3.63, 3.8) is 0 Å². The molecule has 0 saturated heterocycles. The van der Waals surface area contributed by atoms with Crippen molar-refractivity contribution in [3.8, 4) is 0 Å². The minimum Gasteiger partial charge on any atom is -0.383 e. The van der Waals surface area contributed by atoms with Crippen LogP contribution in [0.1, 0.15) is 16.7 Å². The summed E-state index contributed by atoms with van der Waals surface area (Å²) in [5, 5.41) is 2.34. The number of sulfonamides is 1. The van der Waals surface area contributed by atoms with Crippen LogP contribution in [0, 0.1) is 13.8 Å². The first-order valence-corrected chi connectivity index (χ1v) is 10.9. The summed E-state index contributed by atoms with van der Waals surface area (Å²) >= 11 is 5.65. The van der Waals surface area contributed by atoms with Crippen molar-refractivity contribution < 1.29 is 31.1 Å². The molecule has 0 aliphatic carbocycles. The number of rotatable bonds is 8. The normalized spacial score (nSPS) is 12.3. The van der Waals surface area contributed by atoms with E-state index < -0.39 is 39.1 Å².